The van der Waals surface area contributed by atoms with Gasteiger partial charge in [0.2, 0.25) is 5.91 Å². The number of rotatable bonds is 11. The molecule has 0 unspecified atom stereocenters. The fourth-order valence-corrected chi connectivity index (χ4v) is 4.06. The van der Waals surface area contributed by atoms with E-state index in [2.05, 4.69) is 36.9 Å². The lowest BCUT2D eigenvalue weighted by molar-refractivity contribution is -0.133. The van der Waals surface area contributed by atoms with E-state index in [4.69, 9.17) is 16.0 Å². The molecule has 0 bridgehead atoms. The minimum Gasteiger partial charge on any atom is -0.464 e. The van der Waals surface area contributed by atoms with Gasteiger partial charge in [-0.2, -0.15) is 0 Å². The van der Waals surface area contributed by atoms with E-state index < -0.39 is 0 Å². The quantitative estimate of drug-likeness (QED) is 0.359. The summed E-state index contributed by atoms with van der Waals surface area (Å²) in [4.78, 5) is 17.6. The van der Waals surface area contributed by atoms with Gasteiger partial charge in [-0.05, 0) is 54.7 Å². The second kappa shape index (κ2) is 11.9. The van der Waals surface area contributed by atoms with Crippen molar-refractivity contribution >= 4 is 17.5 Å². The van der Waals surface area contributed by atoms with E-state index in [9.17, 15) is 4.79 Å². The summed E-state index contributed by atoms with van der Waals surface area (Å²) in [5.74, 6) is 2.23. The van der Waals surface area contributed by atoms with Crippen LogP contribution in [0.5, 0.6) is 0 Å². The number of aryl methyl sites for hydroxylation is 1. The molecule has 1 aromatic heterocycles. The van der Waals surface area contributed by atoms with Gasteiger partial charge in [-0.15, -0.1) is 0 Å². The van der Waals surface area contributed by atoms with Crippen LogP contribution in [0.25, 0.3) is 0 Å². The molecule has 0 N–H and O–H groups in total. The number of benzene rings is 2. The van der Waals surface area contributed by atoms with Crippen LogP contribution in [-0.4, -0.2) is 35.3 Å². The standard InChI is InChI=1S/C27H33ClN2O2/c1-21(2)17-29(18-24-10-7-11-25(28)16-24)20-27(31)30(19-26-13-12-22(3)32-26)15-14-23-8-5-4-6-9-23/h4-13,16,21H,14-15,17-20H2,1-3H3. The maximum absolute atomic E-state index is 13.4. The van der Waals surface area contributed by atoms with Crippen LogP contribution in [0.1, 0.15) is 36.5 Å². The molecule has 3 rings (SSSR count). The molecule has 0 radical (unpaired) electrons. The first-order chi connectivity index (χ1) is 15.4. The van der Waals surface area contributed by atoms with Crippen molar-refractivity contribution in [1.82, 2.24) is 9.80 Å². The highest BCUT2D eigenvalue weighted by Crippen LogP contribution is 2.15. The van der Waals surface area contributed by atoms with Gasteiger partial charge in [0, 0.05) is 24.7 Å². The van der Waals surface area contributed by atoms with Crippen molar-refractivity contribution in [2.75, 3.05) is 19.6 Å². The number of amides is 1. The summed E-state index contributed by atoms with van der Waals surface area (Å²) in [6, 6.07) is 22.0. The van der Waals surface area contributed by atoms with Crippen molar-refractivity contribution < 1.29 is 9.21 Å². The minimum atomic E-state index is 0.109. The van der Waals surface area contributed by atoms with Crippen molar-refractivity contribution in [3.8, 4) is 0 Å². The van der Waals surface area contributed by atoms with Crippen molar-refractivity contribution in [3.05, 3.63) is 94.4 Å². The molecule has 0 spiro atoms. The first kappa shape index (κ1) is 24.1. The molecule has 4 nitrogen and oxygen atoms in total. The Labute approximate surface area is 196 Å². The number of nitrogens with zero attached hydrogens (tertiary/aromatic N) is 2. The number of halogens is 1. The third-order valence-corrected chi connectivity index (χ3v) is 5.52. The van der Waals surface area contributed by atoms with Gasteiger partial charge in [0.1, 0.15) is 11.5 Å². The van der Waals surface area contributed by atoms with Crippen LogP contribution in [0, 0.1) is 12.8 Å². The van der Waals surface area contributed by atoms with Crippen LogP contribution in [-0.2, 0) is 24.3 Å². The topological polar surface area (TPSA) is 36.7 Å². The average Bonchev–Trinajstić information content (AvgIpc) is 3.16. The highest BCUT2D eigenvalue weighted by Gasteiger charge is 2.20. The number of hydrogen-bond acceptors (Lipinski definition) is 3. The highest BCUT2D eigenvalue weighted by atomic mass is 35.5. The van der Waals surface area contributed by atoms with Gasteiger partial charge in [-0.1, -0.05) is 67.9 Å². The van der Waals surface area contributed by atoms with Gasteiger partial charge in [-0.25, -0.2) is 0 Å². The Kier molecular flexibility index (Phi) is 8.95. The molecule has 0 saturated heterocycles. The van der Waals surface area contributed by atoms with Crippen LogP contribution >= 0.6 is 11.6 Å². The Hall–Kier alpha value is -2.56. The molecule has 2 aromatic carbocycles. The lowest BCUT2D eigenvalue weighted by atomic mass is 10.1. The van der Waals surface area contributed by atoms with E-state index >= 15 is 0 Å². The van der Waals surface area contributed by atoms with E-state index in [-0.39, 0.29) is 5.91 Å². The molecular formula is C27H33ClN2O2. The maximum Gasteiger partial charge on any atom is 0.237 e. The van der Waals surface area contributed by atoms with E-state index in [0.717, 1.165) is 35.1 Å². The molecule has 170 valence electrons. The Bertz CT molecular complexity index is 984. The molecular weight excluding hydrogens is 420 g/mol. The zero-order chi connectivity index (χ0) is 22.9. The second-order valence-corrected chi connectivity index (χ2v) is 9.19. The highest BCUT2D eigenvalue weighted by molar-refractivity contribution is 6.30. The summed E-state index contributed by atoms with van der Waals surface area (Å²) in [5, 5.41) is 0.719. The number of carbonyl (C=O) groups is 1. The first-order valence-corrected chi connectivity index (χ1v) is 11.6. The predicted octanol–water partition coefficient (Wildman–Crippen LogP) is 5.97. The molecule has 5 heteroatoms. The summed E-state index contributed by atoms with van der Waals surface area (Å²) in [6.45, 7) is 9.29. The number of furan rings is 1. The second-order valence-electron chi connectivity index (χ2n) is 8.76. The Morgan fingerprint density at radius 3 is 2.38 bits per heavy atom. The summed E-state index contributed by atoms with van der Waals surface area (Å²) >= 11 is 6.18. The fraction of sp³-hybridized carbons (Fsp3) is 0.370. The fourth-order valence-electron chi connectivity index (χ4n) is 3.85. The summed E-state index contributed by atoms with van der Waals surface area (Å²) < 4.78 is 5.77. The Balaban J connectivity index is 1.72. The largest absolute Gasteiger partial charge is 0.464 e. The summed E-state index contributed by atoms with van der Waals surface area (Å²) in [5.41, 5.74) is 2.34. The molecule has 3 aromatic rings. The van der Waals surface area contributed by atoms with Crippen LogP contribution in [0.3, 0.4) is 0 Å². The van der Waals surface area contributed by atoms with Crippen molar-refractivity contribution in [2.45, 2.75) is 40.3 Å². The lowest BCUT2D eigenvalue weighted by Gasteiger charge is -2.28. The zero-order valence-electron chi connectivity index (χ0n) is 19.3. The summed E-state index contributed by atoms with van der Waals surface area (Å²) in [7, 11) is 0. The number of carbonyl (C=O) groups excluding carboxylic acids is 1. The molecule has 0 aliphatic rings. The Morgan fingerprint density at radius 1 is 0.969 bits per heavy atom. The first-order valence-electron chi connectivity index (χ1n) is 11.2. The maximum atomic E-state index is 13.4. The molecule has 0 aliphatic heterocycles. The SMILES string of the molecule is Cc1ccc(CN(CCc2ccccc2)C(=O)CN(Cc2cccc(Cl)c2)CC(C)C)o1. The smallest absolute Gasteiger partial charge is 0.237 e. The average molecular weight is 453 g/mol. The predicted molar refractivity (Wildman–Crippen MR) is 131 cm³/mol. The van der Waals surface area contributed by atoms with Crippen molar-refractivity contribution in [2.24, 2.45) is 5.92 Å². The van der Waals surface area contributed by atoms with Gasteiger partial charge in [0.15, 0.2) is 0 Å². The normalized spacial score (nSPS) is 11.3. The van der Waals surface area contributed by atoms with Gasteiger partial charge in [-0.3, -0.25) is 9.69 Å². The van der Waals surface area contributed by atoms with E-state index in [1.807, 2.05) is 60.4 Å². The van der Waals surface area contributed by atoms with E-state index in [1.54, 1.807) is 0 Å². The molecule has 32 heavy (non-hydrogen) atoms. The van der Waals surface area contributed by atoms with Gasteiger partial charge < -0.3 is 9.32 Å². The minimum absolute atomic E-state index is 0.109. The molecule has 0 fully saturated rings. The van der Waals surface area contributed by atoms with Gasteiger partial charge >= 0.3 is 0 Å². The lowest BCUT2D eigenvalue weighted by Crippen LogP contribution is -2.41. The third-order valence-electron chi connectivity index (χ3n) is 5.29. The summed E-state index contributed by atoms with van der Waals surface area (Å²) in [6.07, 6.45) is 0.810. The molecule has 1 amide bonds. The van der Waals surface area contributed by atoms with Crippen LogP contribution in [0.2, 0.25) is 5.02 Å². The van der Waals surface area contributed by atoms with Crippen LogP contribution < -0.4 is 0 Å². The molecule has 0 aliphatic carbocycles. The van der Waals surface area contributed by atoms with Gasteiger partial charge in [0.25, 0.3) is 0 Å². The Morgan fingerprint density at radius 2 is 1.72 bits per heavy atom. The van der Waals surface area contributed by atoms with E-state index in [0.29, 0.717) is 32.1 Å². The zero-order valence-corrected chi connectivity index (χ0v) is 20.0. The van der Waals surface area contributed by atoms with Crippen LogP contribution in [0.15, 0.2) is 71.1 Å². The molecule has 0 saturated carbocycles. The molecule has 0 atom stereocenters. The van der Waals surface area contributed by atoms with E-state index in [1.165, 1.54) is 5.56 Å². The van der Waals surface area contributed by atoms with Crippen molar-refractivity contribution in [1.29, 1.82) is 0 Å². The van der Waals surface area contributed by atoms with Gasteiger partial charge in [0.05, 0.1) is 13.1 Å². The van der Waals surface area contributed by atoms with Crippen LogP contribution in [0.4, 0.5) is 0 Å². The number of hydrogen-bond donors (Lipinski definition) is 0. The van der Waals surface area contributed by atoms with Crippen molar-refractivity contribution in [3.63, 3.8) is 0 Å². The molecule has 1 heterocycles. The monoisotopic (exact) mass is 452 g/mol. The third kappa shape index (κ3) is 7.85.